The fourth-order valence-corrected chi connectivity index (χ4v) is 1.59. The molecule has 0 saturated heterocycles. The van der Waals surface area contributed by atoms with E-state index in [1.54, 1.807) is 0 Å². The minimum absolute atomic E-state index is 0.466. The number of nitrogens with one attached hydrogen (secondary N) is 1. The molecular formula is C14H21N. The van der Waals surface area contributed by atoms with Gasteiger partial charge in [0.15, 0.2) is 0 Å². The van der Waals surface area contributed by atoms with E-state index in [2.05, 4.69) is 56.1 Å². The fraction of sp³-hybridized carbons (Fsp3) is 0.429. The lowest BCUT2D eigenvalue weighted by molar-refractivity contribution is 0.536. The molecule has 0 spiro atoms. The van der Waals surface area contributed by atoms with Crippen LogP contribution in [0.25, 0.3) is 0 Å². The van der Waals surface area contributed by atoms with E-state index in [1.165, 1.54) is 11.1 Å². The molecule has 82 valence electrons. The fourth-order valence-electron chi connectivity index (χ4n) is 1.59. The second kappa shape index (κ2) is 5.72. The Morgan fingerprint density at radius 1 is 1.53 bits per heavy atom. The molecule has 0 fully saturated rings. The summed E-state index contributed by atoms with van der Waals surface area (Å²) in [6, 6.07) is 0.472. The first-order valence-electron chi connectivity index (χ1n) is 5.61. The lowest BCUT2D eigenvalue weighted by Crippen LogP contribution is -2.27. The van der Waals surface area contributed by atoms with Crippen LogP contribution in [0.2, 0.25) is 0 Å². The summed E-state index contributed by atoms with van der Waals surface area (Å²) in [5.74, 6) is 0.466. The smallest absolute Gasteiger partial charge is 0.0133 e. The topological polar surface area (TPSA) is 12.0 Å². The Hall–Kier alpha value is -1.08. The summed E-state index contributed by atoms with van der Waals surface area (Å²) < 4.78 is 0. The Kier molecular flexibility index (Phi) is 4.57. The van der Waals surface area contributed by atoms with E-state index in [9.17, 15) is 0 Å². The molecule has 0 amide bonds. The van der Waals surface area contributed by atoms with Crippen LogP contribution in [0.15, 0.2) is 48.1 Å². The average molecular weight is 203 g/mol. The molecule has 1 rings (SSSR count). The third-order valence-electron chi connectivity index (χ3n) is 2.97. The van der Waals surface area contributed by atoms with Gasteiger partial charge in [-0.15, -0.1) is 0 Å². The largest absolute Gasteiger partial charge is 0.316 e. The van der Waals surface area contributed by atoms with Crippen molar-refractivity contribution in [1.29, 1.82) is 0 Å². The molecule has 1 N–H and O–H groups in total. The number of hydrogen-bond donors (Lipinski definition) is 1. The Morgan fingerprint density at radius 3 is 2.87 bits per heavy atom. The van der Waals surface area contributed by atoms with Crippen LogP contribution < -0.4 is 5.32 Å². The van der Waals surface area contributed by atoms with E-state index in [0.717, 1.165) is 6.42 Å². The van der Waals surface area contributed by atoms with Gasteiger partial charge in [0.1, 0.15) is 0 Å². The molecule has 1 aliphatic rings. The van der Waals surface area contributed by atoms with Gasteiger partial charge in [-0.2, -0.15) is 0 Å². The summed E-state index contributed by atoms with van der Waals surface area (Å²) in [5, 5.41) is 3.27. The van der Waals surface area contributed by atoms with Crippen molar-refractivity contribution in [3.8, 4) is 0 Å². The van der Waals surface area contributed by atoms with Crippen LogP contribution in [-0.2, 0) is 0 Å². The van der Waals surface area contributed by atoms with Crippen LogP contribution in [0, 0.1) is 5.92 Å². The van der Waals surface area contributed by atoms with Gasteiger partial charge in [-0.1, -0.05) is 43.9 Å². The van der Waals surface area contributed by atoms with Gasteiger partial charge in [-0.05, 0) is 31.5 Å². The molecule has 1 nitrogen and oxygen atoms in total. The van der Waals surface area contributed by atoms with Crippen molar-refractivity contribution < 1.29 is 0 Å². The molecule has 2 atom stereocenters. The van der Waals surface area contributed by atoms with Crippen LogP contribution in [0.5, 0.6) is 0 Å². The van der Waals surface area contributed by atoms with E-state index in [1.807, 2.05) is 7.05 Å². The highest BCUT2D eigenvalue weighted by molar-refractivity contribution is 5.42. The molecule has 0 aromatic carbocycles. The van der Waals surface area contributed by atoms with Gasteiger partial charge in [0.25, 0.3) is 0 Å². The molecule has 15 heavy (non-hydrogen) atoms. The third-order valence-corrected chi connectivity index (χ3v) is 2.97. The minimum atomic E-state index is 0.466. The van der Waals surface area contributed by atoms with Crippen molar-refractivity contribution >= 4 is 0 Å². The second-order valence-corrected chi connectivity index (χ2v) is 3.98. The van der Waals surface area contributed by atoms with Crippen molar-refractivity contribution in [2.24, 2.45) is 5.92 Å². The quantitative estimate of drug-likeness (QED) is 0.739. The number of allylic oxidation sites excluding steroid dienone is 5. The summed E-state index contributed by atoms with van der Waals surface area (Å²) in [6.07, 6.45) is 11.9. The van der Waals surface area contributed by atoms with Gasteiger partial charge in [0.05, 0.1) is 0 Å². The molecule has 0 aromatic heterocycles. The van der Waals surface area contributed by atoms with Gasteiger partial charge in [0, 0.05) is 12.0 Å². The molecule has 0 aromatic rings. The molecule has 0 saturated carbocycles. The van der Waals surface area contributed by atoms with Crippen LogP contribution in [0.1, 0.15) is 20.3 Å². The van der Waals surface area contributed by atoms with E-state index >= 15 is 0 Å². The predicted octanol–water partition coefficient (Wildman–Crippen LogP) is 3.23. The second-order valence-electron chi connectivity index (χ2n) is 3.98. The van der Waals surface area contributed by atoms with Crippen LogP contribution in [0.3, 0.4) is 0 Å². The summed E-state index contributed by atoms with van der Waals surface area (Å²) in [7, 11) is 2.00. The number of rotatable bonds is 4. The van der Waals surface area contributed by atoms with Crippen molar-refractivity contribution in [3.63, 3.8) is 0 Å². The molecular weight excluding hydrogens is 182 g/mol. The van der Waals surface area contributed by atoms with Gasteiger partial charge >= 0.3 is 0 Å². The average Bonchev–Trinajstić information content (AvgIpc) is 2.52. The van der Waals surface area contributed by atoms with Crippen LogP contribution >= 0.6 is 0 Å². The maximum Gasteiger partial charge on any atom is 0.0133 e. The molecule has 0 radical (unpaired) electrons. The van der Waals surface area contributed by atoms with E-state index in [4.69, 9.17) is 0 Å². The predicted molar refractivity (Wildman–Crippen MR) is 67.8 cm³/mol. The van der Waals surface area contributed by atoms with Gasteiger partial charge in [-0.3, -0.25) is 0 Å². The monoisotopic (exact) mass is 203 g/mol. The molecule has 1 heteroatoms. The minimum Gasteiger partial charge on any atom is -0.316 e. The van der Waals surface area contributed by atoms with Crippen molar-refractivity contribution in [2.75, 3.05) is 7.05 Å². The lowest BCUT2D eigenvalue weighted by atomic mass is 10.00. The standard InChI is InChI=1S/C14H21N/c1-5-11(2)13-7-6-8-14(10-9-13)12(3)15-4/h6-10,12,14-15H,2,5H2,1,3-4H3. The van der Waals surface area contributed by atoms with Crippen molar-refractivity contribution in [2.45, 2.75) is 26.3 Å². The highest BCUT2D eigenvalue weighted by Crippen LogP contribution is 2.19. The van der Waals surface area contributed by atoms with Crippen molar-refractivity contribution in [1.82, 2.24) is 5.32 Å². The first-order valence-corrected chi connectivity index (χ1v) is 5.61. The summed E-state index contributed by atoms with van der Waals surface area (Å²) in [4.78, 5) is 0. The molecule has 0 bridgehead atoms. The SMILES string of the molecule is C=C(CC)C1=CC=CC(C(C)NC)C=C1. The van der Waals surface area contributed by atoms with Crippen LogP contribution in [-0.4, -0.2) is 13.1 Å². The van der Waals surface area contributed by atoms with E-state index < -0.39 is 0 Å². The molecule has 2 unspecified atom stereocenters. The van der Waals surface area contributed by atoms with Gasteiger partial charge in [-0.25, -0.2) is 0 Å². The Morgan fingerprint density at radius 2 is 2.27 bits per heavy atom. The van der Waals surface area contributed by atoms with E-state index in [0.29, 0.717) is 12.0 Å². The Balaban J connectivity index is 2.75. The first kappa shape index (κ1) is 12.0. The highest BCUT2D eigenvalue weighted by Gasteiger charge is 2.10. The molecule has 0 aliphatic heterocycles. The first-order chi connectivity index (χ1) is 7.19. The molecule has 0 heterocycles. The van der Waals surface area contributed by atoms with E-state index in [-0.39, 0.29) is 0 Å². The lowest BCUT2D eigenvalue weighted by Gasteiger charge is -2.15. The summed E-state index contributed by atoms with van der Waals surface area (Å²) in [6.45, 7) is 8.39. The normalized spacial score (nSPS) is 22.1. The number of hydrogen-bond acceptors (Lipinski definition) is 1. The Bertz CT molecular complexity index is 307. The molecule has 1 aliphatic carbocycles. The Labute approximate surface area is 93.3 Å². The summed E-state index contributed by atoms with van der Waals surface area (Å²) >= 11 is 0. The zero-order valence-corrected chi connectivity index (χ0v) is 9.96. The van der Waals surface area contributed by atoms with Gasteiger partial charge < -0.3 is 5.32 Å². The highest BCUT2D eigenvalue weighted by atomic mass is 14.9. The third kappa shape index (κ3) is 3.21. The summed E-state index contributed by atoms with van der Waals surface area (Å²) in [5.41, 5.74) is 2.45. The maximum atomic E-state index is 4.06. The zero-order valence-electron chi connectivity index (χ0n) is 9.96. The zero-order chi connectivity index (χ0) is 11.3. The van der Waals surface area contributed by atoms with Crippen molar-refractivity contribution in [3.05, 3.63) is 48.1 Å². The van der Waals surface area contributed by atoms with Gasteiger partial charge in [0.2, 0.25) is 0 Å². The maximum absolute atomic E-state index is 4.06. The van der Waals surface area contributed by atoms with Crippen LogP contribution in [0.4, 0.5) is 0 Å².